The number of methoxy groups -OCH3 is 1. The van der Waals surface area contributed by atoms with Gasteiger partial charge in [-0.15, -0.1) is 0 Å². The van der Waals surface area contributed by atoms with Gasteiger partial charge in [-0.3, -0.25) is 4.79 Å². The van der Waals surface area contributed by atoms with Crippen molar-refractivity contribution in [3.8, 4) is 0 Å². The Bertz CT molecular complexity index is 584. The van der Waals surface area contributed by atoms with Crippen molar-refractivity contribution in [3.63, 3.8) is 0 Å². The highest BCUT2D eigenvalue weighted by molar-refractivity contribution is 7.89. The molecular weight excluding hydrogens is 304 g/mol. The number of carbonyl (C=O) groups is 1. The Hall–Kier alpha value is -1.44. The number of rotatable bonds is 8. The predicted octanol–water partition coefficient (Wildman–Crippen LogP) is 1.53. The average Bonchev–Trinajstić information content (AvgIpc) is 2.47. The first kappa shape index (κ1) is 18.6. The molecule has 0 aliphatic heterocycles. The summed E-state index contributed by atoms with van der Waals surface area (Å²) < 4.78 is 31.8. The Kier molecular flexibility index (Phi) is 6.99. The molecule has 22 heavy (non-hydrogen) atoms. The fraction of sp³-hybridized carbons (Fsp3) is 0.533. The summed E-state index contributed by atoms with van der Waals surface area (Å²) in [5.41, 5.74) is 0.408. The Labute approximate surface area is 132 Å². The SMILES string of the molecule is CCC(C)NS(=O)(=O)c1ccc(C(=O)NC(C)COC)cc1. The molecule has 0 saturated heterocycles. The molecule has 0 aliphatic carbocycles. The van der Waals surface area contributed by atoms with Crippen molar-refractivity contribution in [1.82, 2.24) is 10.0 Å². The van der Waals surface area contributed by atoms with Crippen LogP contribution in [0.3, 0.4) is 0 Å². The van der Waals surface area contributed by atoms with Crippen molar-refractivity contribution in [2.45, 2.75) is 44.2 Å². The Morgan fingerprint density at radius 1 is 1.18 bits per heavy atom. The molecule has 2 N–H and O–H groups in total. The van der Waals surface area contributed by atoms with Crippen LogP contribution in [0, 0.1) is 0 Å². The molecule has 0 spiro atoms. The molecule has 6 nitrogen and oxygen atoms in total. The van der Waals surface area contributed by atoms with Crippen molar-refractivity contribution in [3.05, 3.63) is 29.8 Å². The maximum absolute atomic E-state index is 12.1. The summed E-state index contributed by atoms with van der Waals surface area (Å²) in [5.74, 6) is -0.261. The summed E-state index contributed by atoms with van der Waals surface area (Å²) >= 11 is 0. The molecule has 0 saturated carbocycles. The fourth-order valence-corrected chi connectivity index (χ4v) is 3.13. The third-order valence-electron chi connectivity index (χ3n) is 3.19. The molecule has 1 amide bonds. The summed E-state index contributed by atoms with van der Waals surface area (Å²) in [6, 6.07) is 5.61. The lowest BCUT2D eigenvalue weighted by atomic mass is 10.2. The second kappa shape index (κ2) is 8.26. The summed E-state index contributed by atoms with van der Waals surface area (Å²) in [7, 11) is -1.99. The first-order valence-corrected chi connectivity index (χ1v) is 8.70. The minimum absolute atomic E-state index is 0.118. The van der Waals surface area contributed by atoms with Gasteiger partial charge in [0, 0.05) is 24.8 Å². The number of hydrogen-bond donors (Lipinski definition) is 2. The number of nitrogens with one attached hydrogen (secondary N) is 2. The van der Waals surface area contributed by atoms with Gasteiger partial charge in [-0.25, -0.2) is 13.1 Å². The van der Waals surface area contributed by atoms with Crippen LogP contribution in [0.4, 0.5) is 0 Å². The molecule has 2 unspecified atom stereocenters. The van der Waals surface area contributed by atoms with E-state index >= 15 is 0 Å². The zero-order chi connectivity index (χ0) is 16.8. The van der Waals surface area contributed by atoms with Crippen molar-refractivity contribution < 1.29 is 17.9 Å². The monoisotopic (exact) mass is 328 g/mol. The molecule has 0 aromatic heterocycles. The molecule has 0 heterocycles. The Morgan fingerprint density at radius 3 is 2.27 bits per heavy atom. The number of sulfonamides is 1. The first-order valence-electron chi connectivity index (χ1n) is 7.22. The molecular formula is C15H24N2O4S. The zero-order valence-corrected chi connectivity index (χ0v) is 14.2. The van der Waals surface area contributed by atoms with Crippen LogP contribution in [-0.2, 0) is 14.8 Å². The molecule has 0 fully saturated rings. The van der Waals surface area contributed by atoms with Gasteiger partial charge in [-0.1, -0.05) is 6.92 Å². The van der Waals surface area contributed by atoms with Crippen LogP contribution in [0.15, 0.2) is 29.2 Å². The van der Waals surface area contributed by atoms with Crippen LogP contribution in [0.5, 0.6) is 0 Å². The molecule has 1 aromatic rings. The quantitative estimate of drug-likeness (QED) is 0.758. The second-order valence-electron chi connectivity index (χ2n) is 5.28. The van der Waals surface area contributed by atoms with Gasteiger partial charge in [0.2, 0.25) is 10.0 Å². The first-order chi connectivity index (χ1) is 10.3. The zero-order valence-electron chi connectivity index (χ0n) is 13.4. The normalized spacial score (nSPS) is 14.4. The van der Waals surface area contributed by atoms with E-state index in [1.165, 1.54) is 24.3 Å². The van der Waals surface area contributed by atoms with E-state index < -0.39 is 10.0 Å². The lowest BCUT2D eigenvalue weighted by Crippen LogP contribution is -2.35. The summed E-state index contributed by atoms with van der Waals surface area (Å²) in [5, 5.41) is 2.77. The molecule has 1 rings (SSSR count). The van der Waals surface area contributed by atoms with Gasteiger partial charge in [0.05, 0.1) is 11.5 Å². The molecule has 0 aliphatic rings. The van der Waals surface area contributed by atoms with Gasteiger partial charge in [0.25, 0.3) is 5.91 Å². The van der Waals surface area contributed by atoms with Gasteiger partial charge in [-0.2, -0.15) is 0 Å². The minimum atomic E-state index is -3.55. The van der Waals surface area contributed by atoms with E-state index in [0.29, 0.717) is 18.6 Å². The van der Waals surface area contributed by atoms with Crippen LogP contribution in [0.25, 0.3) is 0 Å². The summed E-state index contributed by atoms with van der Waals surface area (Å²) in [4.78, 5) is 12.1. The van der Waals surface area contributed by atoms with E-state index in [9.17, 15) is 13.2 Å². The number of amides is 1. The molecule has 124 valence electrons. The highest BCUT2D eigenvalue weighted by Gasteiger charge is 2.17. The van der Waals surface area contributed by atoms with Crippen LogP contribution in [-0.4, -0.2) is 40.1 Å². The number of ether oxygens (including phenoxy) is 1. The van der Waals surface area contributed by atoms with Gasteiger partial charge in [0.15, 0.2) is 0 Å². The van der Waals surface area contributed by atoms with Gasteiger partial charge in [-0.05, 0) is 44.5 Å². The van der Waals surface area contributed by atoms with Crippen LogP contribution in [0.2, 0.25) is 0 Å². The summed E-state index contributed by atoms with van der Waals surface area (Å²) in [6.07, 6.45) is 0.705. The van der Waals surface area contributed by atoms with E-state index in [1.807, 2.05) is 13.8 Å². The maximum atomic E-state index is 12.1. The van der Waals surface area contributed by atoms with Gasteiger partial charge >= 0.3 is 0 Å². The van der Waals surface area contributed by atoms with Crippen molar-refractivity contribution in [2.75, 3.05) is 13.7 Å². The van der Waals surface area contributed by atoms with Crippen LogP contribution in [0.1, 0.15) is 37.6 Å². The molecule has 2 atom stereocenters. The second-order valence-corrected chi connectivity index (χ2v) is 7.00. The van der Waals surface area contributed by atoms with E-state index in [-0.39, 0.29) is 22.9 Å². The summed E-state index contributed by atoms with van der Waals surface area (Å²) in [6.45, 7) is 5.95. The topological polar surface area (TPSA) is 84.5 Å². The minimum Gasteiger partial charge on any atom is -0.383 e. The van der Waals surface area contributed by atoms with Crippen LogP contribution >= 0.6 is 0 Å². The molecule has 0 bridgehead atoms. The van der Waals surface area contributed by atoms with Gasteiger partial charge in [0.1, 0.15) is 0 Å². The Balaban J connectivity index is 2.80. The Morgan fingerprint density at radius 2 is 1.77 bits per heavy atom. The predicted molar refractivity (Wildman–Crippen MR) is 85.3 cm³/mol. The van der Waals surface area contributed by atoms with Crippen molar-refractivity contribution in [1.29, 1.82) is 0 Å². The van der Waals surface area contributed by atoms with Gasteiger partial charge < -0.3 is 10.1 Å². The fourth-order valence-electron chi connectivity index (χ4n) is 1.80. The third-order valence-corrected chi connectivity index (χ3v) is 4.80. The van der Waals surface area contributed by atoms with Crippen LogP contribution < -0.4 is 10.0 Å². The number of benzene rings is 1. The smallest absolute Gasteiger partial charge is 0.251 e. The lowest BCUT2D eigenvalue weighted by Gasteiger charge is -2.14. The largest absolute Gasteiger partial charge is 0.383 e. The number of hydrogen-bond acceptors (Lipinski definition) is 4. The molecule has 7 heteroatoms. The molecule has 0 radical (unpaired) electrons. The van der Waals surface area contributed by atoms with Crippen molar-refractivity contribution >= 4 is 15.9 Å². The van der Waals surface area contributed by atoms with Crippen molar-refractivity contribution in [2.24, 2.45) is 0 Å². The highest BCUT2D eigenvalue weighted by Crippen LogP contribution is 2.12. The average molecular weight is 328 g/mol. The standard InChI is InChI=1S/C15H24N2O4S/c1-5-11(2)17-22(19,20)14-8-6-13(7-9-14)15(18)16-12(3)10-21-4/h6-9,11-12,17H,5,10H2,1-4H3,(H,16,18). The maximum Gasteiger partial charge on any atom is 0.251 e. The lowest BCUT2D eigenvalue weighted by molar-refractivity contribution is 0.0905. The highest BCUT2D eigenvalue weighted by atomic mass is 32.2. The van der Waals surface area contributed by atoms with E-state index in [2.05, 4.69) is 10.0 Å². The third kappa shape index (κ3) is 5.40. The van der Waals surface area contributed by atoms with E-state index in [0.717, 1.165) is 0 Å². The van der Waals surface area contributed by atoms with E-state index in [4.69, 9.17) is 4.74 Å². The molecule has 1 aromatic carbocycles. The van der Waals surface area contributed by atoms with E-state index in [1.54, 1.807) is 14.0 Å². The number of carbonyl (C=O) groups excluding carboxylic acids is 1.